The maximum absolute atomic E-state index is 12.4. The van der Waals surface area contributed by atoms with Crippen molar-refractivity contribution in [1.82, 2.24) is 0 Å². The van der Waals surface area contributed by atoms with Crippen LogP contribution in [0.15, 0.2) is 11.6 Å². The zero-order valence-corrected chi connectivity index (χ0v) is 15.0. The zero-order chi connectivity index (χ0) is 18.3. The van der Waals surface area contributed by atoms with Gasteiger partial charge in [0.05, 0.1) is 0 Å². The molecule has 0 fully saturated rings. The molecule has 5 heteroatoms. The van der Waals surface area contributed by atoms with Crippen molar-refractivity contribution in [3.8, 4) is 0 Å². The van der Waals surface area contributed by atoms with Gasteiger partial charge < -0.3 is 5.11 Å². The highest BCUT2D eigenvalue weighted by Crippen LogP contribution is 2.26. The summed E-state index contributed by atoms with van der Waals surface area (Å²) in [6.45, 7) is 2.22. The SMILES string of the molecule is CCCCCCCCCCCCCCCC=C(C(=O)O)C(F)(F)F. The van der Waals surface area contributed by atoms with Gasteiger partial charge in [-0.2, -0.15) is 13.2 Å². The fourth-order valence-electron chi connectivity index (χ4n) is 2.73. The van der Waals surface area contributed by atoms with Crippen LogP contribution in [0.3, 0.4) is 0 Å². The Labute approximate surface area is 144 Å². The van der Waals surface area contributed by atoms with Crippen molar-refractivity contribution in [3.63, 3.8) is 0 Å². The molecule has 0 amide bonds. The second-order valence-corrected chi connectivity index (χ2v) is 6.45. The topological polar surface area (TPSA) is 37.3 Å². The van der Waals surface area contributed by atoms with Gasteiger partial charge in [-0.3, -0.25) is 0 Å². The van der Waals surface area contributed by atoms with Gasteiger partial charge in [0.2, 0.25) is 0 Å². The van der Waals surface area contributed by atoms with Gasteiger partial charge >= 0.3 is 12.1 Å². The predicted molar refractivity (Wildman–Crippen MR) is 92.1 cm³/mol. The fourth-order valence-corrected chi connectivity index (χ4v) is 2.73. The number of hydrogen-bond acceptors (Lipinski definition) is 1. The number of hydrogen-bond donors (Lipinski definition) is 1. The Hall–Kier alpha value is -1.00. The number of rotatable bonds is 15. The molecule has 0 bridgehead atoms. The van der Waals surface area contributed by atoms with Gasteiger partial charge in [0, 0.05) is 0 Å². The smallest absolute Gasteiger partial charge is 0.423 e. The molecule has 0 spiro atoms. The summed E-state index contributed by atoms with van der Waals surface area (Å²) in [6, 6.07) is 0. The molecular weight excluding hydrogens is 317 g/mol. The van der Waals surface area contributed by atoms with Crippen LogP contribution in [-0.2, 0) is 4.79 Å². The van der Waals surface area contributed by atoms with Gasteiger partial charge in [-0.25, -0.2) is 4.79 Å². The van der Waals surface area contributed by atoms with Crippen molar-refractivity contribution < 1.29 is 23.1 Å². The molecule has 0 aliphatic carbocycles. The van der Waals surface area contributed by atoms with Gasteiger partial charge in [-0.15, -0.1) is 0 Å². The molecule has 1 N–H and O–H groups in total. The van der Waals surface area contributed by atoms with Gasteiger partial charge in [0.15, 0.2) is 0 Å². The van der Waals surface area contributed by atoms with Crippen LogP contribution in [0.25, 0.3) is 0 Å². The summed E-state index contributed by atoms with van der Waals surface area (Å²) in [6.07, 6.45) is 11.5. The van der Waals surface area contributed by atoms with Gasteiger partial charge in [0.1, 0.15) is 5.57 Å². The molecule has 0 aromatic heterocycles. The maximum Gasteiger partial charge on any atom is 0.423 e. The summed E-state index contributed by atoms with van der Waals surface area (Å²) in [7, 11) is 0. The normalized spacial score (nSPS) is 12.6. The van der Waals surface area contributed by atoms with Crippen LogP contribution in [0.1, 0.15) is 96.8 Å². The van der Waals surface area contributed by atoms with E-state index >= 15 is 0 Å². The first-order valence-corrected chi connectivity index (χ1v) is 9.40. The van der Waals surface area contributed by atoms with E-state index in [0.29, 0.717) is 6.42 Å². The van der Waals surface area contributed by atoms with Crippen molar-refractivity contribution in [1.29, 1.82) is 0 Å². The molecule has 0 aromatic rings. The Balaban J connectivity index is 3.47. The molecule has 24 heavy (non-hydrogen) atoms. The van der Waals surface area contributed by atoms with Crippen molar-refractivity contribution in [2.45, 2.75) is 103 Å². The number of halogens is 3. The van der Waals surface area contributed by atoms with Gasteiger partial charge in [-0.05, 0) is 12.8 Å². The number of aliphatic carboxylic acids is 1. The first kappa shape index (κ1) is 23.0. The number of unbranched alkanes of at least 4 members (excludes halogenated alkanes) is 13. The molecule has 0 radical (unpaired) electrons. The maximum atomic E-state index is 12.4. The summed E-state index contributed by atoms with van der Waals surface area (Å²) in [4.78, 5) is 10.5. The van der Waals surface area contributed by atoms with E-state index < -0.39 is 17.7 Å². The summed E-state index contributed by atoms with van der Waals surface area (Å²) in [5.74, 6) is -1.89. The number of carboxylic acids is 1. The highest BCUT2D eigenvalue weighted by Gasteiger charge is 2.38. The van der Waals surface area contributed by atoms with Crippen LogP contribution < -0.4 is 0 Å². The average molecular weight is 350 g/mol. The monoisotopic (exact) mass is 350 g/mol. The Morgan fingerprint density at radius 3 is 1.50 bits per heavy atom. The lowest BCUT2D eigenvalue weighted by Crippen LogP contribution is -2.19. The van der Waals surface area contributed by atoms with Crippen molar-refractivity contribution >= 4 is 5.97 Å². The Kier molecular flexibility index (Phi) is 13.8. The molecule has 0 unspecified atom stereocenters. The molecular formula is C19H33F3O2. The molecule has 0 aliphatic rings. The molecule has 0 aliphatic heterocycles. The molecule has 0 heterocycles. The van der Waals surface area contributed by atoms with Crippen LogP contribution in [-0.4, -0.2) is 17.3 Å². The molecule has 0 aromatic carbocycles. The third-order valence-corrected chi connectivity index (χ3v) is 4.19. The second kappa shape index (κ2) is 14.4. The van der Waals surface area contributed by atoms with Crippen LogP contribution in [0.4, 0.5) is 13.2 Å². The highest BCUT2D eigenvalue weighted by molar-refractivity contribution is 5.87. The van der Waals surface area contributed by atoms with E-state index in [-0.39, 0.29) is 6.42 Å². The van der Waals surface area contributed by atoms with Crippen molar-refractivity contribution in [2.75, 3.05) is 0 Å². The summed E-state index contributed by atoms with van der Waals surface area (Å²) in [5, 5.41) is 8.52. The average Bonchev–Trinajstić information content (AvgIpc) is 2.49. The van der Waals surface area contributed by atoms with E-state index in [1.807, 2.05) is 0 Å². The minimum Gasteiger partial charge on any atom is -0.478 e. The Bertz CT molecular complexity index is 349. The van der Waals surface area contributed by atoms with E-state index in [9.17, 15) is 18.0 Å². The largest absolute Gasteiger partial charge is 0.478 e. The lowest BCUT2D eigenvalue weighted by molar-refractivity contribution is -0.144. The van der Waals surface area contributed by atoms with Gasteiger partial charge in [0.25, 0.3) is 0 Å². The van der Waals surface area contributed by atoms with Crippen LogP contribution in [0, 0.1) is 0 Å². The first-order valence-electron chi connectivity index (χ1n) is 9.40. The van der Waals surface area contributed by atoms with E-state index in [1.165, 1.54) is 57.8 Å². The summed E-state index contributed by atoms with van der Waals surface area (Å²) < 4.78 is 37.2. The third-order valence-electron chi connectivity index (χ3n) is 4.19. The molecule has 0 saturated heterocycles. The van der Waals surface area contributed by atoms with Crippen molar-refractivity contribution in [2.24, 2.45) is 0 Å². The quantitative estimate of drug-likeness (QED) is 0.254. The van der Waals surface area contributed by atoms with E-state index in [1.54, 1.807) is 0 Å². The number of allylic oxidation sites excluding steroid dienone is 1. The molecule has 0 saturated carbocycles. The van der Waals surface area contributed by atoms with Crippen LogP contribution >= 0.6 is 0 Å². The number of alkyl halides is 3. The minimum absolute atomic E-state index is 0.179. The molecule has 2 nitrogen and oxygen atoms in total. The standard InChI is InChI=1S/C19H33F3O2/c1-2-3-4-5-6-7-8-9-10-11-12-13-14-15-16-17(18(23)24)19(20,21)22/h16H,2-15H2,1H3,(H,23,24). The van der Waals surface area contributed by atoms with E-state index in [4.69, 9.17) is 5.11 Å². The molecule has 0 atom stereocenters. The third kappa shape index (κ3) is 13.4. The lowest BCUT2D eigenvalue weighted by atomic mass is 10.0. The van der Waals surface area contributed by atoms with E-state index in [2.05, 4.69) is 6.92 Å². The Morgan fingerprint density at radius 2 is 1.17 bits per heavy atom. The van der Waals surface area contributed by atoms with Gasteiger partial charge in [-0.1, -0.05) is 90.0 Å². The first-order chi connectivity index (χ1) is 11.4. The minimum atomic E-state index is -4.76. The second-order valence-electron chi connectivity index (χ2n) is 6.45. The molecule has 0 rings (SSSR count). The summed E-state index contributed by atoms with van der Waals surface area (Å²) >= 11 is 0. The van der Waals surface area contributed by atoms with Crippen LogP contribution in [0.5, 0.6) is 0 Å². The zero-order valence-electron chi connectivity index (χ0n) is 15.0. The molecule has 142 valence electrons. The Morgan fingerprint density at radius 1 is 0.792 bits per heavy atom. The fraction of sp³-hybridized carbons (Fsp3) is 0.842. The van der Waals surface area contributed by atoms with E-state index in [0.717, 1.165) is 25.3 Å². The number of carboxylic acid groups (broad SMARTS) is 1. The predicted octanol–water partition coefficient (Wildman–Crippen LogP) is 7.04. The lowest BCUT2D eigenvalue weighted by Gasteiger charge is -2.07. The van der Waals surface area contributed by atoms with Crippen molar-refractivity contribution in [3.05, 3.63) is 11.6 Å². The number of carbonyl (C=O) groups is 1. The highest BCUT2D eigenvalue weighted by atomic mass is 19.4. The van der Waals surface area contributed by atoms with Crippen LogP contribution in [0.2, 0.25) is 0 Å². The summed E-state index contributed by atoms with van der Waals surface area (Å²) in [5.41, 5.74) is -1.44.